The molecule has 0 spiro atoms. The van der Waals surface area contributed by atoms with Gasteiger partial charge in [-0.25, -0.2) is 4.79 Å². The van der Waals surface area contributed by atoms with E-state index in [4.69, 9.17) is 23.9 Å². The molecule has 0 fully saturated rings. The molecule has 0 amide bonds. The first-order chi connectivity index (χ1) is 16.4. The van der Waals surface area contributed by atoms with E-state index in [-0.39, 0.29) is 12.3 Å². The minimum absolute atomic E-state index is 0.250. The average molecular weight is 610 g/mol. The van der Waals surface area contributed by atoms with Crippen LogP contribution < -0.4 is 0 Å². The molecule has 0 aliphatic carbocycles. The standard InChI is InChI=1S/C13H15BrN2O2.C8H7BrN2.2CO2/c1-8-10-7-9(14)5-6-11(10)16(15-8)12(17)18-13(2,3)4;1-5-7-4-6(9)2-3-8(7)11-10-5;2*2-1-3/h5-7H,1-4H3;2-4H,1H3,(H,10,11);;. The van der Waals surface area contributed by atoms with Crippen LogP contribution in [0.4, 0.5) is 4.79 Å². The molecule has 0 bridgehead atoms. The molecular weight excluding hydrogens is 588 g/mol. The molecule has 0 aliphatic heterocycles. The monoisotopic (exact) mass is 608 g/mol. The van der Waals surface area contributed by atoms with E-state index in [0.29, 0.717) is 0 Å². The van der Waals surface area contributed by atoms with Crippen molar-refractivity contribution in [1.82, 2.24) is 20.0 Å². The van der Waals surface area contributed by atoms with E-state index >= 15 is 0 Å². The molecule has 35 heavy (non-hydrogen) atoms. The van der Waals surface area contributed by atoms with Crippen molar-refractivity contribution < 1.29 is 28.7 Å². The lowest BCUT2D eigenvalue weighted by molar-refractivity contribution is -0.193. The SMILES string of the molecule is Cc1[nH]nc2ccc(Br)cc12.Cc1nn(C(=O)OC(C)(C)C)c2ccc(Br)cc12.O=C=O.O=C=O. The van der Waals surface area contributed by atoms with Crippen LogP contribution in [0.2, 0.25) is 0 Å². The van der Waals surface area contributed by atoms with Gasteiger partial charge in [-0.15, -0.1) is 0 Å². The predicted molar refractivity (Wildman–Crippen MR) is 132 cm³/mol. The van der Waals surface area contributed by atoms with Gasteiger partial charge >= 0.3 is 18.4 Å². The molecule has 10 nitrogen and oxygen atoms in total. The molecule has 0 saturated heterocycles. The van der Waals surface area contributed by atoms with Crippen LogP contribution in [-0.2, 0) is 23.9 Å². The van der Waals surface area contributed by atoms with Crippen molar-refractivity contribution in [1.29, 1.82) is 0 Å². The van der Waals surface area contributed by atoms with Crippen molar-refractivity contribution >= 4 is 72.1 Å². The third kappa shape index (κ3) is 9.03. The van der Waals surface area contributed by atoms with Gasteiger partial charge in [0.25, 0.3) is 0 Å². The first kappa shape index (κ1) is 29.6. The Morgan fingerprint density at radius 1 is 0.943 bits per heavy atom. The maximum Gasteiger partial charge on any atom is 0.435 e. The van der Waals surface area contributed by atoms with Gasteiger partial charge in [0, 0.05) is 25.4 Å². The Morgan fingerprint density at radius 2 is 1.46 bits per heavy atom. The number of rotatable bonds is 0. The summed E-state index contributed by atoms with van der Waals surface area (Å²) in [5.41, 5.74) is 3.16. The van der Waals surface area contributed by atoms with E-state index in [2.05, 4.69) is 53.2 Å². The number of halogens is 2. The quantitative estimate of drug-likeness (QED) is 0.281. The van der Waals surface area contributed by atoms with Gasteiger partial charge < -0.3 is 4.74 Å². The van der Waals surface area contributed by atoms with Gasteiger partial charge in [0.15, 0.2) is 0 Å². The van der Waals surface area contributed by atoms with E-state index in [1.54, 1.807) is 0 Å². The minimum atomic E-state index is -0.529. The number of fused-ring (bicyclic) bond motifs is 2. The van der Waals surface area contributed by atoms with E-state index in [1.807, 2.05) is 65.0 Å². The van der Waals surface area contributed by atoms with E-state index in [0.717, 1.165) is 36.8 Å². The average Bonchev–Trinajstić information content (AvgIpc) is 3.28. The molecule has 2 aromatic heterocycles. The molecule has 4 rings (SSSR count). The number of carbonyl (C=O) groups is 1. The number of nitrogens with zero attached hydrogens (tertiary/aromatic N) is 3. The van der Waals surface area contributed by atoms with Gasteiger partial charge in [0.05, 0.1) is 16.7 Å². The zero-order chi connectivity index (χ0) is 26.8. The Balaban J connectivity index is 0.000000305. The Labute approximate surface area is 217 Å². The highest BCUT2D eigenvalue weighted by atomic mass is 79.9. The highest BCUT2D eigenvalue weighted by molar-refractivity contribution is 9.10. The Bertz CT molecular complexity index is 1360. The Morgan fingerprint density at radius 3 is 2.00 bits per heavy atom. The van der Waals surface area contributed by atoms with Crippen LogP contribution in [-0.4, -0.2) is 44.0 Å². The molecule has 4 aromatic rings. The van der Waals surface area contributed by atoms with Gasteiger partial charge in [-0.05, 0) is 71.0 Å². The first-order valence-electron chi connectivity index (χ1n) is 9.85. The van der Waals surface area contributed by atoms with Crippen molar-refractivity contribution in [3.63, 3.8) is 0 Å². The maximum atomic E-state index is 12.0. The highest BCUT2D eigenvalue weighted by Crippen LogP contribution is 2.23. The number of ether oxygens (including phenoxy) is 1. The van der Waals surface area contributed by atoms with Gasteiger partial charge in [-0.1, -0.05) is 31.9 Å². The molecule has 2 aromatic carbocycles. The topological polar surface area (TPSA) is 141 Å². The zero-order valence-electron chi connectivity index (χ0n) is 19.5. The van der Waals surface area contributed by atoms with Gasteiger partial charge in [-0.3, -0.25) is 5.10 Å². The molecule has 0 aliphatic rings. The molecular formula is C23H22Br2N4O6. The van der Waals surface area contributed by atoms with Crippen molar-refractivity contribution in [2.75, 3.05) is 0 Å². The summed E-state index contributed by atoms with van der Waals surface area (Å²) in [4.78, 5) is 44.5. The number of hydrogen-bond donors (Lipinski definition) is 1. The number of H-pyrrole nitrogens is 1. The largest absolute Gasteiger partial charge is 0.442 e. The van der Waals surface area contributed by atoms with Crippen molar-refractivity contribution in [2.24, 2.45) is 0 Å². The van der Waals surface area contributed by atoms with Crippen molar-refractivity contribution in [3.8, 4) is 0 Å². The number of aromatic nitrogens is 4. The van der Waals surface area contributed by atoms with Crippen molar-refractivity contribution in [3.05, 3.63) is 56.7 Å². The lowest BCUT2D eigenvalue weighted by Gasteiger charge is -2.19. The molecule has 0 radical (unpaired) electrons. The number of benzene rings is 2. The number of aromatic amines is 1. The van der Waals surface area contributed by atoms with Crippen LogP contribution >= 0.6 is 31.9 Å². The summed E-state index contributed by atoms with van der Waals surface area (Å²) in [6.45, 7) is 9.39. The summed E-state index contributed by atoms with van der Waals surface area (Å²) >= 11 is 6.82. The summed E-state index contributed by atoms with van der Waals surface area (Å²) in [5, 5.41) is 13.4. The molecule has 12 heteroatoms. The summed E-state index contributed by atoms with van der Waals surface area (Å²) < 4.78 is 8.69. The van der Waals surface area contributed by atoms with Gasteiger partial charge in [-0.2, -0.15) is 34.1 Å². The first-order valence-corrected chi connectivity index (χ1v) is 11.4. The summed E-state index contributed by atoms with van der Waals surface area (Å²) in [6, 6.07) is 11.7. The third-order valence-electron chi connectivity index (χ3n) is 4.10. The maximum absolute atomic E-state index is 12.0. The summed E-state index contributed by atoms with van der Waals surface area (Å²) in [6.07, 6.45) is 0.0444. The van der Waals surface area contributed by atoms with E-state index in [1.165, 1.54) is 10.1 Å². The fraction of sp³-hybridized carbons (Fsp3) is 0.261. The van der Waals surface area contributed by atoms with Crippen LogP contribution in [0.5, 0.6) is 0 Å². The minimum Gasteiger partial charge on any atom is -0.442 e. The molecule has 0 saturated carbocycles. The van der Waals surface area contributed by atoms with Gasteiger partial charge in [0.1, 0.15) is 5.60 Å². The molecule has 0 atom stereocenters. The predicted octanol–water partition coefficient (Wildman–Crippen LogP) is 5.36. The second kappa shape index (κ2) is 13.5. The second-order valence-electron chi connectivity index (χ2n) is 7.82. The third-order valence-corrected chi connectivity index (χ3v) is 5.09. The number of aryl methyl sites for hydroxylation is 2. The van der Waals surface area contributed by atoms with Gasteiger partial charge in [0.2, 0.25) is 0 Å². The second-order valence-corrected chi connectivity index (χ2v) is 9.65. The smallest absolute Gasteiger partial charge is 0.435 e. The fourth-order valence-corrected chi connectivity index (χ4v) is 3.52. The molecule has 2 heterocycles. The summed E-state index contributed by atoms with van der Waals surface area (Å²) in [7, 11) is 0. The number of nitrogens with one attached hydrogen (secondary N) is 1. The van der Waals surface area contributed by atoms with Crippen LogP contribution in [0.25, 0.3) is 21.8 Å². The van der Waals surface area contributed by atoms with E-state index in [9.17, 15) is 4.79 Å². The Hall–Kier alpha value is -3.43. The fourth-order valence-electron chi connectivity index (χ4n) is 2.80. The normalized spacial score (nSPS) is 9.91. The van der Waals surface area contributed by atoms with E-state index < -0.39 is 11.7 Å². The molecule has 1 N–H and O–H groups in total. The van der Waals surface area contributed by atoms with Crippen LogP contribution in [0.3, 0.4) is 0 Å². The van der Waals surface area contributed by atoms with Crippen LogP contribution in [0.1, 0.15) is 32.2 Å². The van der Waals surface area contributed by atoms with Crippen LogP contribution in [0, 0.1) is 13.8 Å². The lowest BCUT2D eigenvalue weighted by Crippen LogP contribution is -2.27. The Kier molecular flexibility index (Phi) is 11.4. The number of hydrogen-bond acceptors (Lipinski definition) is 8. The molecule has 0 unspecified atom stereocenters. The summed E-state index contributed by atoms with van der Waals surface area (Å²) in [5.74, 6) is 0. The lowest BCUT2D eigenvalue weighted by atomic mass is 10.2. The highest BCUT2D eigenvalue weighted by Gasteiger charge is 2.21. The van der Waals surface area contributed by atoms with Crippen LogP contribution in [0.15, 0.2) is 45.3 Å². The number of carbonyl (C=O) groups excluding carboxylic acids is 5. The van der Waals surface area contributed by atoms with Crippen molar-refractivity contribution in [2.45, 2.75) is 40.2 Å². The zero-order valence-corrected chi connectivity index (χ0v) is 22.7. The molecule has 184 valence electrons.